The number of carbonyl (C=O) groups is 1. The number of benzene rings is 1. The zero-order valence-electron chi connectivity index (χ0n) is 19.0. The summed E-state index contributed by atoms with van der Waals surface area (Å²) >= 11 is 0. The Morgan fingerprint density at radius 3 is 2.72 bits per heavy atom. The Balaban J connectivity index is 1.32. The van der Waals surface area contributed by atoms with Crippen LogP contribution in [0.2, 0.25) is 0 Å². The standard InChI is InChI=1S/C27H33N3O2/c1-21-6-8-24(9-7-21)27(11-18-32-19-12-27)26(31)30-15-2-4-22(10-16-30)20-23-5-3-14-29-17-13-28-25(23)29/h3,5-9,13-14,17,22H,2,4,10-12,15-16,18-20H2,1H3/t22-/m1/s1. The van der Waals surface area contributed by atoms with Gasteiger partial charge in [-0.25, -0.2) is 4.98 Å². The molecule has 2 aromatic heterocycles. The largest absolute Gasteiger partial charge is 0.381 e. The average Bonchev–Trinajstić information content (AvgIpc) is 3.20. The fourth-order valence-electron chi connectivity index (χ4n) is 5.57. The van der Waals surface area contributed by atoms with Crippen molar-refractivity contribution < 1.29 is 9.53 Å². The Bertz CT molecular complexity index is 1070. The number of nitrogens with zero attached hydrogens (tertiary/aromatic N) is 3. The number of aryl methyl sites for hydroxylation is 1. The molecule has 1 aromatic carbocycles. The summed E-state index contributed by atoms with van der Waals surface area (Å²) in [6.45, 7) is 5.11. The summed E-state index contributed by atoms with van der Waals surface area (Å²) in [7, 11) is 0. The minimum Gasteiger partial charge on any atom is -0.381 e. The van der Waals surface area contributed by atoms with E-state index in [1.54, 1.807) is 0 Å². The zero-order chi connectivity index (χ0) is 22.0. The molecule has 2 aliphatic rings. The molecule has 5 nitrogen and oxygen atoms in total. The van der Waals surface area contributed by atoms with Crippen LogP contribution >= 0.6 is 0 Å². The molecule has 1 atom stereocenters. The normalized spacial score (nSPS) is 21.4. The lowest BCUT2D eigenvalue weighted by molar-refractivity contribution is -0.141. The van der Waals surface area contributed by atoms with Gasteiger partial charge >= 0.3 is 0 Å². The average molecular weight is 432 g/mol. The number of rotatable bonds is 4. The third kappa shape index (κ3) is 4.06. The van der Waals surface area contributed by atoms with Crippen LogP contribution in [0.1, 0.15) is 48.8 Å². The Hall–Kier alpha value is -2.66. The van der Waals surface area contributed by atoms with Crippen LogP contribution in [0.15, 0.2) is 55.0 Å². The van der Waals surface area contributed by atoms with Gasteiger partial charge in [-0.15, -0.1) is 0 Å². The molecule has 2 aliphatic heterocycles. The smallest absolute Gasteiger partial charge is 0.233 e. The van der Waals surface area contributed by atoms with Crippen molar-refractivity contribution in [2.24, 2.45) is 5.92 Å². The number of likely N-dealkylation sites (tertiary alicyclic amines) is 1. The van der Waals surface area contributed by atoms with E-state index in [1.165, 1.54) is 11.1 Å². The molecule has 0 unspecified atom stereocenters. The van der Waals surface area contributed by atoms with E-state index in [2.05, 4.69) is 63.8 Å². The number of hydrogen-bond acceptors (Lipinski definition) is 3. The maximum Gasteiger partial charge on any atom is 0.233 e. The summed E-state index contributed by atoms with van der Waals surface area (Å²) in [5.74, 6) is 0.890. The first kappa shape index (κ1) is 21.2. The van der Waals surface area contributed by atoms with Gasteiger partial charge in [-0.1, -0.05) is 35.9 Å². The summed E-state index contributed by atoms with van der Waals surface area (Å²) in [5.41, 5.74) is 4.32. The maximum atomic E-state index is 14.0. The van der Waals surface area contributed by atoms with Gasteiger partial charge in [0.2, 0.25) is 5.91 Å². The quantitative estimate of drug-likeness (QED) is 0.608. The highest BCUT2D eigenvalue weighted by atomic mass is 16.5. The zero-order valence-corrected chi connectivity index (χ0v) is 19.0. The van der Waals surface area contributed by atoms with Gasteiger partial charge in [-0.2, -0.15) is 0 Å². The molecule has 0 spiro atoms. The lowest BCUT2D eigenvalue weighted by atomic mass is 9.72. The number of ether oxygens (including phenoxy) is 1. The van der Waals surface area contributed by atoms with Gasteiger partial charge in [0.25, 0.3) is 0 Å². The number of pyridine rings is 1. The van der Waals surface area contributed by atoms with Gasteiger partial charge in [-0.3, -0.25) is 4.79 Å². The van der Waals surface area contributed by atoms with E-state index < -0.39 is 5.41 Å². The molecule has 3 aromatic rings. The van der Waals surface area contributed by atoms with Crippen molar-refractivity contribution in [2.75, 3.05) is 26.3 Å². The minimum absolute atomic E-state index is 0.306. The summed E-state index contributed by atoms with van der Waals surface area (Å²) in [6.07, 6.45) is 11.8. The van der Waals surface area contributed by atoms with Crippen LogP contribution in [-0.2, 0) is 21.4 Å². The number of amides is 1. The lowest BCUT2D eigenvalue weighted by Gasteiger charge is -2.40. The summed E-state index contributed by atoms with van der Waals surface area (Å²) in [4.78, 5) is 20.7. The summed E-state index contributed by atoms with van der Waals surface area (Å²) in [5, 5.41) is 0. The van der Waals surface area contributed by atoms with Crippen LogP contribution < -0.4 is 0 Å². The molecule has 1 amide bonds. The van der Waals surface area contributed by atoms with Crippen molar-refractivity contribution >= 4 is 11.6 Å². The number of aromatic nitrogens is 2. The monoisotopic (exact) mass is 431 g/mol. The second kappa shape index (κ2) is 9.07. The first-order valence-electron chi connectivity index (χ1n) is 12.0. The topological polar surface area (TPSA) is 46.8 Å². The number of carbonyl (C=O) groups excluding carboxylic acids is 1. The molecule has 4 heterocycles. The first-order chi connectivity index (χ1) is 15.7. The van der Waals surface area contributed by atoms with Crippen molar-refractivity contribution in [3.05, 3.63) is 71.7 Å². The SMILES string of the molecule is Cc1ccc(C2(C(=O)N3CCC[C@@H](Cc4cccn5ccnc45)CC3)CCOCC2)cc1. The predicted octanol–water partition coefficient (Wildman–Crippen LogP) is 4.56. The summed E-state index contributed by atoms with van der Waals surface area (Å²) < 4.78 is 7.76. The first-order valence-corrected chi connectivity index (χ1v) is 12.0. The third-order valence-corrected chi connectivity index (χ3v) is 7.50. The minimum atomic E-state index is -0.437. The van der Waals surface area contributed by atoms with E-state index >= 15 is 0 Å². The van der Waals surface area contributed by atoms with Crippen LogP contribution in [-0.4, -0.2) is 46.5 Å². The van der Waals surface area contributed by atoms with E-state index in [-0.39, 0.29) is 0 Å². The van der Waals surface area contributed by atoms with Crippen LogP contribution in [0.5, 0.6) is 0 Å². The second-order valence-corrected chi connectivity index (χ2v) is 9.55. The number of imidazole rings is 1. The lowest BCUT2D eigenvalue weighted by Crippen LogP contribution is -2.50. The van der Waals surface area contributed by atoms with Crippen molar-refractivity contribution in [3.8, 4) is 0 Å². The van der Waals surface area contributed by atoms with Crippen molar-refractivity contribution in [1.29, 1.82) is 0 Å². The van der Waals surface area contributed by atoms with E-state index in [1.807, 2.05) is 12.4 Å². The molecular weight excluding hydrogens is 398 g/mol. The van der Waals surface area contributed by atoms with Crippen molar-refractivity contribution in [3.63, 3.8) is 0 Å². The van der Waals surface area contributed by atoms with Gasteiger partial charge in [0.15, 0.2) is 0 Å². The van der Waals surface area contributed by atoms with E-state index in [0.717, 1.165) is 62.8 Å². The van der Waals surface area contributed by atoms with Crippen LogP contribution in [0.4, 0.5) is 0 Å². The number of fused-ring (bicyclic) bond motifs is 1. The molecule has 5 rings (SSSR count). The molecule has 0 bridgehead atoms. The fraction of sp³-hybridized carbons (Fsp3) is 0.481. The molecule has 2 fully saturated rings. The summed E-state index contributed by atoms with van der Waals surface area (Å²) in [6, 6.07) is 12.9. The van der Waals surface area contributed by atoms with Crippen LogP contribution in [0, 0.1) is 12.8 Å². The molecule has 168 valence electrons. The Labute approximate surface area is 190 Å². The van der Waals surface area contributed by atoms with Gasteiger partial charge in [0.05, 0.1) is 5.41 Å². The highest BCUT2D eigenvalue weighted by molar-refractivity contribution is 5.88. The van der Waals surface area contributed by atoms with Crippen LogP contribution in [0.3, 0.4) is 0 Å². The maximum absolute atomic E-state index is 14.0. The van der Waals surface area contributed by atoms with E-state index in [0.29, 0.717) is 25.0 Å². The highest BCUT2D eigenvalue weighted by Gasteiger charge is 2.44. The molecule has 32 heavy (non-hydrogen) atoms. The molecule has 0 radical (unpaired) electrons. The van der Waals surface area contributed by atoms with E-state index in [9.17, 15) is 4.79 Å². The van der Waals surface area contributed by atoms with Crippen LogP contribution in [0.25, 0.3) is 5.65 Å². The van der Waals surface area contributed by atoms with Crippen molar-refractivity contribution in [2.45, 2.75) is 50.9 Å². The Kier molecular flexibility index (Phi) is 6.01. The molecule has 0 N–H and O–H groups in total. The fourth-order valence-corrected chi connectivity index (χ4v) is 5.57. The number of hydrogen-bond donors (Lipinski definition) is 0. The van der Waals surface area contributed by atoms with Gasteiger partial charge in [0, 0.05) is 44.9 Å². The van der Waals surface area contributed by atoms with Gasteiger partial charge in [0.1, 0.15) is 5.65 Å². The molecule has 0 aliphatic carbocycles. The van der Waals surface area contributed by atoms with Gasteiger partial charge in [-0.05, 0) is 68.6 Å². The molecule has 0 saturated carbocycles. The molecule has 5 heteroatoms. The van der Waals surface area contributed by atoms with Gasteiger partial charge < -0.3 is 14.0 Å². The predicted molar refractivity (Wildman–Crippen MR) is 126 cm³/mol. The molecular formula is C27H33N3O2. The Morgan fingerprint density at radius 2 is 1.91 bits per heavy atom. The van der Waals surface area contributed by atoms with E-state index in [4.69, 9.17) is 4.74 Å². The second-order valence-electron chi connectivity index (χ2n) is 9.55. The highest BCUT2D eigenvalue weighted by Crippen LogP contribution is 2.38. The van der Waals surface area contributed by atoms with Crippen molar-refractivity contribution in [1.82, 2.24) is 14.3 Å². The molecule has 2 saturated heterocycles. The third-order valence-electron chi connectivity index (χ3n) is 7.50. The Morgan fingerprint density at radius 1 is 1.09 bits per heavy atom.